The molecule has 3 aliphatic rings. The van der Waals surface area contributed by atoms with E-state index in [0.29, 0.717) is 25.9 Å². The lowest BCUT2D eigenvalue weighted by Gasteiger charge is -2.58. The van der Waals surface area contributed by atoms with E-state index in [-0.39, 0.29) is 12.3 Å². The molecule has 0 radical (unpaired) electrons. The largest absolute Gasteiger partial charge is 0.481 e. The van der Waals surface area contributed by atoms with Crippen LogP contribution in [0.25, 0.3) is 0 Å². The van der Waals surface area contributed by atoms with Crippen LogP contribution in [-0.2, 0) is 14.3 Å². The van der Waals surface area contributed by atoms with Crippen molar-refractivity contribution in [3.63, 3.8) is 0 Å². The molecule has 0 spiro atoms. The molecular weight excluding hydrogens is 262 g/mol. The lowest BCUT2D eigenvalue weighted by Crippen LogP contribution is -2.73. The highest BCUT2D eigenvalue weighted by molar-refractivity contribution is 5.77. The van der Waals surface area contributed by atoms with Crippen LogP contribution in [0, 0.1) is 5.41 Å². The number of amides is 1. The van der Waals surface area contributed by atoms with Crippen LogP contribution in [0.2, 0.25) is 0 Å². The summed E-state index contributed by atoms with van der Waals surface area (Å²) in [6, 6.07) is 0. The van der Waals surface area contributed by atoms with Crippen LogP contribution in [0.3, 0.4) is 0 Å². The Morgan fingerprint density at radius 1 is 1.35 bits per heavy atom. The van der Waals surface area contributed by atoms with Gasteiger partial charge < -0.3 is 20.3 Å². The van der Waals surface area contributed by atoms with Gasteiger partial charge in [0.05, 0.1) is 23.2 Å². The normalized spacial score (nSPS) is 39.5. The van der Waals surface area contributed by atoms with Crippen molar-refractivity contribution in [1.29, 1.82) is 0 Å². The molecule has 4 atom stereocenters. The average molecular weight is 285 g/mol. The molecule has 1 amide bonds. The minimum absolute atomic E-state index is 0.175. The van der Waals surface area contributed by atoms with Crippen LogP contribution >= 0.6 is 0 Å². The maximum absolute atomic E-state index is 11.6. The first-order valence-corrected chi connectivity index (χ1v) is 7.18. The van der Waals surface area contributed by atoms with Gasteiger partial charge in [0.1, 0.15) is 0 Å². The van der Waals surface area contributed by atoms with E-state index in [2.05, 4.69) is 5.32 Å². The molecule has 2 bridgehead atoms. The zero-order valence-corrected chi connectivity index (χ0v) is 12.0. The van der Waals surface area contributed by atoms with E-state index in [1.165, 1.54) is 6.92 Å². The summed E-state index contributed by atoms with van der Waals surface area (Å²) in [5, 5.41) is 22.8. The Morgan fingerprint density at radius 2 is 2.05 bits per heavy atom. The van der Waals surface area contributed by atoms with Crippen LogP contribution in [0.1, 0.15) is 46.0 Å². The predicted octanol–water partition coefficient (Wildman–Crippen LogP) is 0.676. The smallest absolute Gasteiger partial charge is 0.309 e. The minimum Gasteiger partial charge on any atom is -0.481 e. The maximum atomic E-state index is 11.6. The van der Waals surface area contributed by atoms with E-state index < -0.39 is 29.1 Å². The summed E-state index contributed by atoms with van der Waals surface area (Å²) in [5.41, 5.74) is -1.75. The SMILES string of the molecule is CCCO[C@@H]1C[C@]2(C(=O)O)CC[C@@]1(NC(C)=O)[C@@H](O)C2. The Labute approximate surface area is 118 Å². The van der Waals surface area contributed by atoms with E-state index in [1.807, 2.05) is 6.92 Å². The molecule has 0 aromatic rings. The number of aliphatic carboxylic acids is 1. The van der Waals surface area contributed by atoms with Gasteiger partial charge in [-0.25, -0.2) is 0 Å². The molecule has 0 aliphatic heterocycles. The summed E-state index contributed by atoms with van der Waals surface area (Å²) in [6.07, 6.45) is 0.906. The van der Waals surface area contributed by atoms with Crippen LogP contribution in [0.5, 0.6) is 0 Å². The van der Waals surface area contributed by atoms with Gasteiger partial charge in [-0.15, -0.1) is 0 Å². The average Bonchev–Trinajstić information content (AvgIpc) is 2.37. The number of fused-ring (bicyclic) bond motifs is 3. The number of rotatable bonds is 5. The van der Waals surface area contributed by atoms with Crippen molar-refractivity contribution in [1.82, 2.24) is 5.32 Å². The van der Waals surface area contributed by atoms with E-state index in [9.17, 15) is 19.8 Å². The fourth-order valence-corrected chi connectivity index (χ4v) is 3.67. The third kappa shape index (κ3) is 2.31. The molecular formula is C14H23NO5. The molecule has 20 heavy (non-hydrogen) atoms. The minimum atomic E-state index is -0.919. The molecule has 0 unspecified atom stereocenters. The second-order valence-corrected chi connectivity index (χ2v) is 6.09. The summed E-state index contributed by atoms with van der Waals surface area (Å²) in [7, 11) is 0. The maximum Gasteiger partial charge on any atom is 0.309 e. The van der Waals surface area contributed by atoms with Crippen molar-refractivity contribution in [3.05, 3.63) is 0 Å². The van der Waals surface area contributed by atoms with Gasteiger partial charge in [-0.3, -0.25) is 9.59 Å². The van der Waals surface area contributed by atoms with Gasteiger partial charge in [0.25, 0.3) is 0 Å². The summed E-state index contributed by atoms with van der Waals surface area (Å²) in [5.74, 6) is -1.10. The van der Waals surface area contributed by atoms with Crippen molar-refractivity contribution >= 4 is 11.9 Å². The standard InChI is InChI=1S/C14H23NO5/c1-3-6-20-11-8-13(12(18)19)4-5-14(11,10(17)7-13)15-9(2)16/h10-11,17H,3-8H2,1-2H3,(H,15,16)(H,18,19)/t10-,11+,13-,14+/m0/s1. The Kier molecular flexibility index (Phi) is 4.07. The molecule has 114 valence electrons. The zero-order chi connectivity index (χ0) is 15.0. The van der Waals surface area contributed by atoms with Crippen molar-refractivity contribution in [2.45, 2.75) is 63.7 Å². The number of hydrogen-bond acceptors (Lipinski definition) is 4. The van der Waals surface area contributed by atoms with Gasteiger partial charge in [0, 0.05) is 13.5 Å². The quantitative estimate of drug-likeness (QED) is 0.690. The number of hydrogen-bond donors (Lipinski definition) is 3. The van der Waals surface area contributed by atoms with E-state index >= 15 is 0 Å². The summed E-state index contributed by atoms with van der Waals surface area (Å²) >= 11 is 0. The first-order chi connectivity index (χ1) is 9.36. The highest BCUT2D eigenvalue weighted by Gasteiger charge is 2.63. The van der Waals surface area contributed by atoms with Gasteiger partial charge in [-0.05, 0) is 32.1 Å². The van der Waals surface area contributed by atoms with Crippen molar-refractivity contribution in [3.8, 4) is 0 Å². The van der Waals surface area contributed by atoms with E-state index in [1.54, 1.807) is 0 Å². The summed E-state index contributed by atoms with van der Waals surface area (Å²) in [4.78, 5) is 23.0. The molecule has 3 rings (SSSR count). The molecule has 6 nitrogen and oxygen atoms in total. The van der Waals surface area contributed by atoms with Crippen molar-refractivity contribution < 1.29 is 24.5 Å². The van der Waals surface area contributed by atoms with Gasteiger partial charge in [0.2, 0.25) is 5.91 Å². The highest BCUT2D eigenvalue weighted by atomic mass is 16.5. The fourth-order valence-electron chi connectivity index (χ4n) is 3.67. The number of carbonyl (C=O) groups is 2. The molecule has 3 aliphatic carbocycles. The predicted molar refractivity (Wildman–Crippen MR) is 71.1 cm³/mol. The number of carboxylic acid groups (broad SMARTS) is 1. The number of carboxylic acids is 1. The van der Waals surface area contributed by atoms with Gasteiger partial charge in [-0.1, -0.05) is 6.92 Å². The molecule has 3 fully saturated rings. The van der Waals surface area contributed by atoms with Crippen molar-refractivity contribution in [2.24, 2.45) is 5.41 Å². The van der Waals surface area contributed by atoms with Crippen molar-refractivity contribution in [2.75, 3.05) is 6.61 Å². The number of aliphatic hydroxyl groups excluding tert-OH is 1. The van der Waals surface area contributed by atoms with E-state index in [4.69, 9.17) is 4.74 Å². The van der Waals surface area contributed by atoms with Crippen LogP contribution in [-0.4, -0.2) is 46.4 Å². The zero-order valence-electron chi connectivity index (χ0n) is 12.0. The topological polar surface area (TPSA) is 95.9 Å². The van der Waals surface area contributed by atoms with Crippen LogP contribution in [0.15, 0.2) is 0 Å². The number of carbonyl (C=O) groups excluding carboxylic acids is 1. The number of nitrogens with one attached hydrogen (secondary N) is 1. The molecule has 0 aromatic heterocycles. The van der Waals surface area contributed by atoms with Crippen LogP contribution < -0.4 is 5.32 Å². The lowest BCUT2D eigenvalue weighted by molar-refractivity contribution is -0.194. The molecule has 0 saturated heterocycles. The Hall–Kier alpha value is -1.14. The molecule has 6 heteroatoms. The van der Waals surface area contributed by atoms with Gasteiger partial charge >= 0.3 is 5.97 Å². The monoisotopic (exact) mass is 285 g/mol. The Morgan fingerprint density at radius 3 is 2.55 bits per heavy atom. The summed E-state index contributed by atoms with van der Waals surface area (Å²) in [6.45, 7) is 3.87. The molecule has 3 N–H and O–H groups in total. The molecule has 0 heterocycles. The van der Waals surface area contributed by atoms with Crippen LogP contribution in [0.4, 0.5) is 0 Å². The third-order valence-electron chi connectivity index (χ3n) is 4.73. The Bertz CT molecular complexity index is 412. The van der Waals surface area contributed by atoms with E-state index in [0.717, 1.165) is 6.42 Å². The molecule has 3 saturated carbocycles. The van der Waals surface area contributed by atoms with Gasteiger partial charge in [0.15, 0.2) is 0 Å². The van der Waals surface area contributed by atoms with Gasteiger partial charge in [-0.2, -0.15) is 0 Å². The molecule has 0 aromatic carbocycles. The second-order valence-electron chi connectivity index (χ2n) is 6.09. The first-order valence-electron chi connectivity index (χ1n) is 7.18. The second kappa shape index (κ2) is 5.33. The first kappa shape index (κ1) is 15.3. The number of ether oxygens (including phenoxy) is 1. The lowest BCUT2D eigenvalue weighted by atomic mass is 9.54. The highest BCUT2D eigenvalue weighted by Crippen LogP contribution is 2.53. The summed E-state index contributed by atoms with van der Waals surface area (Å²) < 4.78 is 5.78. The fraction of sp³-hybridized carbons (Fsp3) is 0.857. The number of aliphatic hydroxyl groups is 1. The third-order valence-corrected chi connectivity index (χ3v) is 4.73. The Balaban J connectivity index is 2.30.